The first-order valence-electron chi connectivity index (χ1n) is 9.83. The van der Waals surface area contributed by atoms with Gasteiger partial charge in [-0.1, -0.05) is 30.3 Å². The Morgan fingerprint density at radius 1 is 1.14 bits per heavy atom. The quantitative estimate of drug-likeness (QED) is 0.654. The summed E-state index contributed by atoms with van der Waals surface area (Å²) in [7, 11) is 1.70. The summed E-state index contributed by atoms with van der Waals surface area (Å²) in [5.41, 5.74) is 4.57. The fourth-order valence-electron chi connectivity index (χ4n) is 4.06. The van der Waals surface area contributed by atoms with Crippen LogP contribution < -0.4 is 4.74 Å². The van der Waals surface area contributed by atoms with Crippen LogP contribution in [0.4, 0.5) is 0 Å². The van der Waals surface area contributed by atoms with Crippen LogP contribution in [0.2, 0.25) is 0 Å². The number of nitrogens with zero attached hydrogens (tertiary/aromatic N) is 1. The molecule has 1 N–H and O–H groups in total. The van der Waals surface area contributed by atoms with Gasteiger partial charge in [-0.15, -0.1) is 0 Å². The Morgan fingerprint density at radius 2 is 1.89 bits per heavy atom. The zero-order valence-electron chi connectivity index (χ0n) is 16.4. The van der Waals surface area contributed by atoms with Gasteiger partial charge in [0, 0.05) is 36.3 Å². The second-order valence-corrected chi connectivity index (χ2v) is 7.45. The molecule has 0 aliphatic carbocycles. The maximum atomic E-state index is 12.7. The number of H-pyrrole nitrogens is 1. The predicted molar refractivity (Wildman–Crippen MR) is 113 cm³/mol. The van der Waals surface area contributed by atoms with Crippen LogP contribution in [-0.4, -0.2) is 36.0 Å². The van der Waals surface area contributed by atoms with E-state index in [-0.39, 0.29) is 5.91 Å². The summed E-state index contributed by atoms with van der Waals surface area (Å²) in [4.78, 5) is 18.0. The lowest BCUT2D eigenvalue weighted by Crippen LogP contribution is -2.37. The number of likely N-dealkylation sites (tertiary alicyclic amines) is 1. The number of benzene rings is 2. The number of ether oxygens (including phenoxy) is 1. The highest BCUT2D eigenvalue weighted by molar-refractivity contribution is 5.95. The molecule has 0 radical (unpaired) electrons. The van der Waals surface area contributed by atoms with Crippen LogP contribution >= 0.6 is 0 Å². The van der Waals surface area contributed by atoms with E-state index in [2.05, 4.69) is 23.3 Å². The maximum Gasteiger partial charge on any atom is 0.246 e. The van der Waals surface area contributed by atoms with Gasteiger partial charge in [-0.3, -0.25) is 4.79 Å². The van der Waals surface area contributed by atoms with Crippen LogP contribution in [-0.2, 0) is 4.79 Å². The number of allylic oxidation sites excluding steroid dienone is 1. The minimum Gasteiger partial charge on any atom is -0.497 e. The third-order valence-electron chi connectivity index (χ3n) is 5.74. The number of fused-ring (bicyclic) bond motifs is 1. The molecule has 4 rings (SSSR count). The molecule has 0 bridgehead atoms. The molecule has 4 nitrogen and oxygen atoms in total. The minimum absolute atomic E-state index is 0.111. The van der Waals surface area contributed by atoms with E-state index in [1.54, 1.807) is 13.2 Å². The molecule has 0 saturated carbocycles. The van der Waals surface area contributed by atoms with E-state index in [4.69, 9.17) is 4.74 Å². The summed E-state index contributed by atoms with van der Waals surface area (Å²) < 4.78 is 5.38. The summed E-state index contributed by atoms with van der Waals surface area (Å²) in [6.45, 7) is 3.58. The molecule has 144 valence electrons. The molecule has 1 amide bonds. The molecular weight excluding hydrogens is 348 g/mol. The van der Waals surface area contributed by atoms with Crippen LogP contribution in [0.25, 0.3) is 16.5 Å². The van der Waals surface area contributed by atoms with Crippen molar-refractivity contribution in [2.45, 2.75) is 25.7 Å². The molecule has 1 fully saturated rings. The summed E-state index contributed by atoms with van der Waals surface area (Å²) >= 11 is 0. The standard InChI is InChI=1S/C24H26N2O2/c1-17(18-6-4-3-5-7-18)14-24(27)26-12-10-19(11-13-26)22-16-25-23-9-8-20(28-2)15-21(22)23/h3-9,14-16,19,25H,10-13H2,1-2H3/b17-14-. The van der Waals surface area contributed by atoms with E-state index in [1.165, 1.54) is 10.9 Å². The third kappa shape index (κ3) is 3.68. The number of aromatic nitrogens is 1. The van der Waals surface area contributed by atoms with Gasteiger partial charge in [-0.25, -0.2) is 0 Å². The minimum atomic E-state index is 0.111. The van der Waals surface area contributed by atoms with Crippen LogP contribution in [0.5, 0.6) is 5.75 Å². The van der Waals surface area contributed by atoms with Crippen molar-refractivity contribution in [1.82, 2.24) is 9.88 Å². The SMILES string of the molecule is COc1ccc2[nH]cc(C3CCN(C(=O)/C=C(/C)c4ccccc4)CC3)c2c1. The van der Waals surface area contributed by atoms with Crippen molar-refractivity contribution < 1.29 is 9.53 Å². The number of piperidine rings is 1. The normalized spacial score (nSPS) is 15.8. The predicted octanol–water partition coefficient (Wildman–Crippen LogP) is 4.99. The number of carbonyl (C=O) groups is 1. The molecule has 4 heteroatoms. The number of methoxy groups -OCH3 is 1. The number of amides is 1. The first-order valence-corrected chi connectivity index (χ1v) is 9.83. The lowest BCUT2D eigenvalue weighted by atomic mass is 9.89. The largest absolute Gasteiger partial charge is 0.497 e. The van der Waals surface area contributed by atoms with E-state index in [0.717, 1.165) is 48.3 Å². The van der Waals surface area contributed by atoms with Gasteiger partial charge in [0.15, 0.2) is 0 Å². The molecule has 0 unspecified atom stereocenters. The van der Waals surface area contributed by atoms with Gasteiger partial charge < -0.3 is 14.6 Å². The smallest absolute Gasteiger partial charge is 0.246 e. The third-order valence-corrected chi connectivity index (χ3v) is 5.74. The fraction of sp³-hybridized carbons (Fsp3) is 0.292. The van der Waals surface area contributed by atoms with Crippen molar-refractivity contribution in [3.63, 3.8) is 0 Å². The van der Waals surface area contributed by atoms with Crippen LogP contribution in [0, 0.1) is 0 Å². The molecule has 2 aromatic carbocycles. The van der Waals surface area contributed by atoms with Crippen LogP contribution in [0.15, 0.2) is 60.8 Å². The van der Waals surface area contributed by atoms with Gasteiger partial charge in [0.05, 0.1) is 7.11 Å². The highest BCUT2D eigenvalue weighted by Crippen LogP contribution is 2.34. The first-order chi connectivity index (χ1) is 13.7. The Kier molecular flexibility index (Phi) is 5.20. The van der Waals surface area contributed by atoms with Gasteiger partial charge >= 0.3 is 0 Å². The number of rotatable bonds is 4. The van der Waals surface area contributed by atoms with Crippen molar-refractivity contribution in [3.05, 3.63) is 71.9 Å². The summed E-state index contributed by atoms with van der Waals surface area (Å²) in [5, 5.41) is 1.23. The van der Waals surface area contributed by atoms with Gasteiger partial charge in [0.25, 0.3) is 0 Å². The van der Waals surface area contributed by atoms with Crippen molar-refractivity contribution in [1.29, 1.82) is 0 Å². The molecule has 1 saturated heterocycles. The molecule has 0 atom stereocenters. The molecule has 1 aliphatic heterocycles. The lowest BCUT2D eigenvalue weighted by Gasteiger charge is -2.31. The Hall–Kier alpha value is -3.01. The average Bonchev–Trinajstić information content (AvgIpc) is 3.17. The number of hydrogen-bond acceptors (Lipinski definition) is 2. The number of hydrogen-bond donors (Lipinski definition) is 1. The molecule has 28 heavy (non-hydrogen) atoms. The number of aromatic amines is 1. The average molecular weight is 374 g/mol. The molecule has 3 aromatic rings. The molecular formula is C24H26N2O2. The fourth-order valence-corrected chi connectivity index (χ4v) is 4.06. The monoisotopic (exact) mass is 374 g/mol. The number of carbonyl (C=O) groups excluding carboxylic acids is 1. The molecule has 1 aliphatic rings. The highest BCUT2D eigenvalue weighted by atomic mass is 16.5. The molecule has 2 heterocycles. The van der Waals surface area contributed by atoms with E-state index >= 15 is 0 Å². The topological polar surface area (TPSA) is 45.3 Å². The Bertz CT molecular complexity index is 996. The van der Waals surface area contributed by atoms with Crippen LogP contribution in [0.1, 0.15) is 36.8 Å². The second kappa shape index (κ2) is 7.93. The van der Waals surface area contributed by atoms with Crippen molar-refractivity contribution in [2.24, 2.45) is 0 Å². The van der Waals surface area contributed by atoms with Crippen LogP contribution in [0.3, 0.4) is 0 Å². The van der Waals surface area contributed by atoms with Gasteiger partial charge in [-0.05, 0) is 60.6 Å². The van der Waals surface area contributed by atoms with Gasteiger partial charge in [0.2, 0.25) is 5.91 Å². The Morgan fingerprint density at radius 3 is 2.61 bits per heavy atom. The first kappa shape index (κ1) is 18.4. The molecule has 0 spiro atoms. The second-order valence-electron chi connectivity index (χ2n) is 7.45. The number of nitrogens with one attached hydrogen (secondary N) is 1. The van der Waals surface area contributed by atoms with Gasteiger partial charge in [-0.2, -0.15) is 0 Å². The van der Waals surface area contributed by atoms with E-state index in [9.17, 15) is 4.79 Å². The van der Waals surface area contributed by atoms with E-state index in [0.29, 0.717) is 5.92 Å². The summed E-state index contributed by atoms with van der Waals surface area (Å²) in [6, 6.07) is 16.2. The maximum absolute atomic E-state index is 12.7. The van der Waals surface area contributed by atoms with Crippen molar-refractivity contribution in [3.8, 4) is 5.75 Å². The zero-order valence-corrected chi connectivity index (χ0v) is 16.4. The Balaban J connectivity index is 1.44. The Labute approximate surface area is 165 Å². The highest BCUT2D eigenvalue weighted by Gasteiger charge is 2.25. The summed E-state index contributed by atoms with van der Waals surface area (Å²) in [6.07, 6.45) is 5.85. The van der Waals surface area contributed by atoms with E-state index < -0.39 is 0 Å². The van der Waals surface area contributed by atoms with Gasteiger partial charge in [0.1, 0.15) is 5.75 Å². The summed E-state index contributed by atoms with van der Waals surface area (Å²) in [5.74, 6) is 1.45. The van der Waals surface area contributed by atoms with E-state index in [1.807, 2.05) is 48.2 Å². The zero-order chi connectivity index (χ0) is 19.5. The van der Waals surface area contributed by atoms with Crippen molar-refractivity contribution >= 4 is 22.4 Å². The molecule has 1 aromatic heterocycles. The van der Waals surface area contributed by atoms with Crippen molar-refractivity contribution in [2.75, 3.05) is 20.2 Å². The lowest BCUT2D eigenvalue weighted by molar-refractivity contribution is -0.127.